The zero-order valence-electron chi connectivity index (χ0n) is 11.4. The van der Waals surface area contributed by atoms with Crippen LogP contribution in [0.4, 0.5) is 0 Å². The molecule has 1 aromatic carbocycles. The van der Waals surface area contributed by atoms with Crippen molar-refractivity contribution in [3.05, 3.63) is 35.9 Å². The number of benzene rings is 1. The van der Waals surface area contributed by atoms with E-state index in [0.29, 0.717) is 12.5 Å². The van der Waals surface area contributed by atoms with Gasteiger partial charge < -0.3 is 15.7 Å². The Morgan fingerprint density at radius 2 is 2.15 bits per heavy atom. The van der Waals surface area contributed by atoms with Crippen LogP contribution < -0.4 is 5.73 Å². The lowest BCUT2D eigenvalue weighted by atomic mass is 9.97. The molecule has 20 heavy (non-hydrogen) atoms. The molecule has 0 saturated carbocycles. The number of thiocarbonyl (C=S) groups is 1. The van der Waals surface area contributed by atoms with E-state index in [4.69, 9.17) is 23.1 Å². The van der Waals surface area contributed by atoms with Crippen molar-refractivity contribution in [1.29, 1.82) is 0 Å². The van der Waals surface area contributed by atoms with Gasteiger partial charge in [0.05, 0.1) is 4.99 Å². The topological polar surface area (TPSA) is 66.6 Å². The zero-order valence-corrected chi connectivity index (χ0v) is 12.2. The van der Waals surface area contributed by atoms with Crippen LogP contribution in [0.3, 0.4) is 0 Å². The van der Waals surface area contributed by atoms with E-state index in [0.717, 1.165) is 24.9 Å². The second-order valence-corrected chi connectivity index (χ2v) is 5.67. The fourth-order valence-corrected chi connectivity index (χ4v) is 2.94. The van der Waals surface area contributed by atoms with Crippen molar-refractivity contribution in [2.75, 3.05) is 19.7 Å². The number of amides is 1. The van der Waals surface area contributed by atoms with Gasteiger partial charge >= 0.3 is 0 Å². The Kier molecular flexibility index (Phi) is 5.09. The minimum absolute atomic E-state index is 0.0239. The molecular weight excluding hydrogens is 272 g/mol. The standard InChI is InChI=1S/C15H20N2O2S/c16-14(20)13(12-4-2-1-3-5-12)15(19)17-8-6-11(10-17)7-9-18/h1-5,11,13,18H,6-10H2,(H2,16,20). The summed E-state index contributed by atoms with van der Waals surface area (Å²) in [6.07, 6.45) is 1.68. The predicted molar refractivity (Wildman–Crippen MR) is 82.4 cm³/mol. The molecule has 0 aromatic heterocycles. The number of rotatable bonds is 5. The summed E-state index contributed by atoms with van der Waals surface area (Å²) in [5.41, 5.74) is 6.62. The number of nitrogens with zero attached hydrogens (tertiary/aromatic N) is 1. The maximum atomic E-state index is 12.6. The van der Waals surface area contributed by atoms with Crippen LogP contribution in [0.25, 0.3) is 0 Å². The molecule has 1 heterocycles. The maximum absolute atomic E-state index is 12.6. The Labute approximate surface area is 124 Å². The van der Waals surface area contributed by atoms with E-state index in [1.165, 1.54) is 0 Å². The van der Waals surface area contributed by atoms with Crippen molar-refractivity contribution in [3.63, 3.8) is 0 Å². The molecule has 0 bridgehead atoms. The first-order valence-electron chi connectivity index (χ1n) is 6.87. The van der Waals surface area contributed by atoms with Crippen LogP contribution in [0.5, 0.6) is 0 Å². The lowest BCUT2D eigenvalue weighted by Gasteiger charge is -2.23. The smallest absolute Gasteiger partial charge is 0.236 e. The van der Waals surface area contributed by atoms with Crippen LogP contribution in [-0.4, -0.2) is 40.6 Å². The van der Waals surface area contributed by atoms with Crippen molar-refractivity contribution >= 4 is 23.1 Å². The van der Waals surface area contributed by atoms with Crippen molar-refractivity contribution in [2.24, 2.45) is 11.7 Å². The van der Waals surface area contributed by atoms with E-state index >= 15 is 0 Å². The molecular formula is C15H20N2O2S. The van der Waals surface area contributed by atoms with Crippen molar-refractivity contribution in [1.82, 2.24) is 4.90 Å². The number of aliphatic hydroxyl groups is 1. The summed E-state index contributed by atoms with van der Waals surface area (Å²) in [5.74, 6) is -0.185. The zero-order chi connectivity index (χ0) is 14.5. The second-order valence-electron chi connectivity index (χ2n) is 5.20. The van der Waals surface area contributed by atoms with E-state index < -0.39 is 5.92 Å². The minimum Gasteiger partial charge on any atom is -0.396 e. The SMILES string of the molecule is NC(=S)C(C(=O)N1CCC(CCO)C1)c1ccccc1. The molecule has 1 aromatic rings. The highest BCUT2D eigenvalue weighted by molar-refractivity contribution is 7.80. The number of nitrogens with two attached hydrogens (primary N) is 1. The Hall–Kier alpha value is -1.46. The number of hydrogen-bond donors (Lipinski definition) is 2. The van der Waals surface area contributed by atoms with Gasteiger partial charge in [-0.25, -0.2) is 0 Å². The summed E-state index contributed by atoms with van der Waals surface area (Å²) in [6.45, 7) is 1.57. The van der Waals surface area contributed by atoms with E-state index in [9.17, 15) is 4.79 Å². The third-order valence-electron chi connectivity index (χ3n) is 3.80. The molecule has 1 aliphatic heterocycles. The van der Waals surface area contributed by atoms with Crippen LogP contribution in [0.1, 0.15) is 24.3 Å². The molecule has 1 fully saturated rings. The van der Waals surface area contributed by atoms with Gasteiger partial charge in [0.2, 0.25) is 5.91 Å². The van der Waals surface area contributed by atoms with E-state index in [2.05, 4.69) is 0 Å². The number of aliphatic hydroxyl groups excluding tert-OH is 1. The van der Waals surface area contributed by atoms with Gasteiger partial charge in [-0.15, -0.1) is 0 Å². The lowest BCUT2D eigenvalue weighted by Crippen LogP contribution is -2.38. The molecule has 5 heteroatoms. The summed E-state index contributed by atoms with van der Waals surface area (Å²) in [6, 6.07) is 9.42. The summed E-state index contributed by atoms with van der Waals surface area (Å²) in [7, 11) is 0. The van der Waals surface area contributed by atoms with Crippen molar-refractivity contribution < 1.29 is 9.90 Å². The molecule has 0 aliphatic carbocycles. The van der Waals surface area contributed by atoms with Crippen molar-refractivity contribution in [3.8, 4) is 0 Å². The predicted octanol–water partition coefficient (Wildman–Crippen LogP) is 1.29. The third-order valence-corrected chi connectivity index (χ3v) is 4.03. The maximum Gasteiger partial charge on any atom is 0.236 e. The average molecular weight is 292 g/mol. The minimum atomic E-state index is -0.543. The normalized spacial score (nSPS) is 19.9. The highest BCUT2D eigenvalue weighted by Gasteiger charge is 2.32. The lowest BCUT2D eigenvalue weighted by molar-refractivity contribution is -0.130. The molecule has 108 valence electrons. The molecule has 0 radical (unpaired) electrons. The molecule has 1 saturated heterocycles. The Balaban J connectivity index is 2.11. The quantitative estimate of drug-likeness (QED) is 0.803. The number of carbonyl (C=O) groups excluding carboxylic acids is 1. The first-order chi connectivity index (χ1) is 9.63. The third kappa shape index (κ3) is 3.35. The van der Waals surface area contributed by atoms with Gasteiger partial charge in [0.25, 0.3) is 0 Å². The molecule has 1 aliphatic rings. The average Bonchev–Trinajstić information content (AvgIpc) is 2.89. The van der Waals surface area contributed by atoms with Crippen LogP contribution >= 0.6 is 12.2 Å². The molecule has 4 nitrogen and oxygen atoms in total. The van der Waals surface area contributed by atoms with Crippen LogP contribution in [0.2, 0.25) is 0 Å². The van der Waals surface area contributed by atoms with Crippen molar-refractivity contribution in [2.45, 2.75) is 18.8 Å². The summed E-state index contributed by atoms with van der Waals surface area (Å²) >= 11 is 5.08. The van der Waals surface area contributed by atoms with Gasteiger partial charge in [-0.3, -0.25) is 4.79 Å². The summed E-state index contributed by atoms with van der Waals surface area (Å²) in [5, 5.41) is 8.98. The van der Waals surface area contributed by atoms with Gasteiger partial charge in [-0.05, 0) is 24.3 Å². The molecule has 0 spiro atoms. The summed E-state index contributed by atoms with van der Waals surface area (Å²) < 4.78 is 0. The number of carbonyl (C=O) groups is 1. The molecule has 3 N–H and O–H groups in total. The largest absolute Gasteiger partial charge is 0.396 e. The monoisotopic (exact) mass is 292 g/mol. The Morgan fingerprint density at radius 1 is 1.45 bits per heavy atom. The molecule has 2 atom stereocenters. The molecule has 2 rings (SSSR count). The summed E-state index contributed by atoms with van der Waals surface area (Å²) in [4.78, 5) is 14.7. The Morgan fingerprint density at radius 3 is 2.75 bits per heavy atom. The van der Waals surface area contributed by atoms with E-state index in [1.807, 2.05) is 35.2 Å². The Bertz CT molecular complexity index is 478. The highest BCUT2D eigenvalue weighted by atomic mass is 32.1. The first kappa shape index (κ1) is 14.9. The number of hydrogen-bond acceptors (Lipinski definition) is 3. The van der Waals surface area contributed by atoms with Crippen LogP contribution in [-0.2, 0) is 4.79 Å². The fraction of sp³-hybridized carbons (Fsp3) is 0.467. The highest BCUT2D eigenvalue weighted by Crippen LogP contribution is 2.25. The van der Waals surface area contributed by atoms with E-state index in [1.54, 1.807) is 0 Å². The van der Waals surface area contributed by atoms with Crippen LogP contribution in [0, 0.1) is 5.92 Å². The first-order valence-corrected chi connectivity index (χ1v) is 7.28. The van der Waals surface area contributed by atoms with Gasteiger partial charge in [0.15, 0.2) is 0 Å². The number of likely N-dealkylation sites (tertiary alicyclic amines) is 1. The van der Waals surface area contributed by atoms with Gasteiger partial charge in [-0.2, -0.15) is 0 Å². The van der Waals surface area contributed by atoms with Gasteiger partial charge in [0.1, 0.15) is 5.92 Å². The molecule has 1 amide bonds. The fourth-order valence-electron chi connectivity index (χ4n) is 2.71. The van der Waals surface area contributed by atoms with Gasteiger partial charge in [-0.1, -0.05) is 42.5 Å². The molecule has 2 unspecified atom stereocenters. The second kappa shape index (κ2) is 6.81. The van der Waals surface area contributed by atoms with Crippen LogP contribution in [0.15, 0.2) is 30.3 Å². The van der Waals surface area contributed by atoms with Gasteiger partial charge in [0, 0.05) is 19.7 Å². The van der Waals surface area contributed by atoms with E-state index in [-0.39, 0.29) is 17.5 Å².